The van der Waals surface area contributed by atoms with Gasteiger partial charge in [-0.1, -0.05) is 12.8 Å². The van der Waals surface area contributed by atoms with Crippen molar-refractivity contribution in [2.75, 3.05) is 0 Å². The van der Waals surface area contributed by atoms with Crippen LogP contribution in [0.15, 0.2) is 6.07 Å². The fourth-order valence-electron chi connectivity index (χ4n) is 2.69. The molecule has 0 atom stereocenters. The minimum atomic E-state index is 0.325. The lowest BCUT2D eigenvalue weighted by atomic mass is 10.1. The maximum atomic E-state index is 6.13. The van der Waals surface area contributed by atoms with Crippen molar-refractivity contribution in [3.63, 3.8) is 0 Å². The number of hydrogen-bond acceptors (Lipinski definition) is 3. The first-order chi connectivity index (χ1) is 8.70. The van der Waals surface area contributed by atoms with Gasteiger partial charge in [0.25, 0.3) is 0 Å². The Balaban J connectivity index is 2.16. The molecular weight excluding hydrogens is 224 g/mol. The van der Waals surface area contributed by atoms with Crippen LogP contribution in [0.5, 0.6) is 5.88 Å². The third kappa shape index (κ3) is 3.22. The van der Waals surface area contributed by atoms with E-state index in [0.717, 1.165) is 30.0 Å². The number of pyridine rings is 1. The highest BCUT2D eigenvalue weighted by Crippen LogP contribution is 2.26. The van der Waals surface area contributed by atoms with Gasteiger partial charge in [0.1, 0.15) is 6.10 Å². The molecule has 100 valence electrons. The zero-order chi connectivity index (χ0) is 13.0. The second-order valence-corrected chi connectivity index (χ2v) is 5.30. The molecule has 0 aromatic carbocycles. The van der Waals surface area contributed by atoms with E-state index in [9.17, 15) is 0 Å². The first kappa shape index (κ1) is 13.3. The molecule has 0 bridgehead atoms. The van der Waals surface area contributed by atoms with Crippen LogP contribution in [-0.4, -0.2) is 11.1 Å². The van der Waals surface area contributed by atoms with E-state index in [-0.39, 0.29) is 0 Å². The maximum Gasteiger partial charge on any atom is 0.218 e. The van der Waals surface area contributed by atoms with E-state index >= 15 is 0 Å². The molecule has 1 aromatic rings. The quantitative estimate of drug-likeness (QED) is 0.835. The molecule has 1 heterocycles. The molecule has 0 unspecified atom stereocenters. The molecule has 0 radical (unpaired) electrons. The van der Waals surface area contributed by atoms with Crippen LogP contribution in [-0.2, 0) is 6.54 Å². The van der Waals surface area contributed by atoms with Crippen LogP contribution in [0.2, 0.25) is 0 Å². The monoisotopic (exact) mass is 248 g/mol. The molecule has 1 saturated carbocycles. The van der Waals surface area contributed by atoms with Crippen LogP contribution in [0, 0.1) is 13.8 Å². The molecule has 18 heavy (non-hydrogen) atoms. The number of nitrogens with two attached hydrogens (primary N) is 1. The highest BCUT2D eigenvalue weighted by atomic mass is 16.5. The number of ether oxygens (including phenoxy) is 1. The van der Waals surface area contributed by atoms with Gasteiger partial charge in [0.15, 0.2) is 0 Å². The Morgan fingerprint density at radius 1 is 1.22 bits per heavy atom. The highest BCUT2D eigenvalue weighted by Gasteiger charge is 2.17. The van der Waals surface area contributed by atoms with Crippen molar-refractivity contribution >= 4 is 0 Å². The lowest BCUT2D eigenvalue weighted by Gasteiger charge is -2.19. The molecule has 3 nitrogen and oxygen atoms in total. The minimum absolute atomic E-state index is 0.325. The number of aryl methyl sites for hydroxylation is 2. The molecule has 1 aliphatic carbocycles. The van der Waals surface area contributed by atoms with Crippen LogP contribution in [0.1, 0.15) is 55.3 Å². The predicted octanol–water partition coefficient (Wildman–Crippen LogP) is 3.26. The zero-order valence-electron chi connectivity index (χ0n) is 11.5. The number of hydrogen-bond donors (Lipinski definition) is 1. The Kier molecular flexibility index (Phi) is 4.59. The Bertz CT molecular complexity index is 396. The van der Waals surface area contributed by atoms with E-state index < -0.39 is 0 Å². The van der Waals surface area contributed by atoms with E-state index in [1.165, 1.54) is 31.2 Å². The molecule has 3 heteroatoms. The van der Waals surface area contributed by atoms with Crippen LogP contribution < -0.4 is 10.5 Å². The number of rotatable bonds is 3. The highest BCUT2D eigenvalue weighted by molar-refractivity contribution is 5.35. The summed E-state index contributed by atoms with van der Waals surface area (Å²) >= 11 is 0. The first-order valence-corrected chi connectivity index (χ1v) is 7.04. The molecule has 2 N–H and O–H groups in total. The fraction of sp³-hybridized carbons (Fsp3) is 0.667. The molecule has 0 saturated heterocycles. The summed E-state index contributed by atoms with van der Waals surface area (Å²) in [6.45, 7) is 4.59. The molecule has 0 spiro atoms. The Morgan fingerprint density at radius 3 is 2.50 bits per heavy atom. The molecule has 0 aliphatic heterocycles. The standard InChI is InChI=1S/C15H24N2O/c1-11-9-12(2)17-15(14(11)10-16)18-13-7-5-3-4-6-8-13/h9,13H,3-8,10,16H2,1-2H3. The smallest absolute Gasteiger partial charge is 0.218 e. The summed E-state index contributed by atoms with van der Waals surface area (Å²) in [5, 5.41) is 0. The van der Waals surface area contributed by atoms with Gasteiger partial charge in [0, 0.05) is 17.8 Å². The summed E-state index contributed by atoms with van der Waals surface area (Å²) < 4.78 is 6.13. The van der Waals surface area contributed by atoms with Gasteiger partial charge in [-0.3, -0.25) is 0 Å². The Morgan fingerprint density at radius 2 is 1.89 bits per heavy atom. The average Bonchev–Trinajstić information content (AvgIpc) is 2.57. The third-order valence-corrected chi connectivity index (χ3v) is 3.72. The van der Waals surface area contributed by atoms with Gasteiger partial charge in [0.05, 0.1) is 0 Å². The van der Waals surface area contributed by atoms with E-state index in [4.69, 9.17) is 10.5 Å². The van der Waals surface area contributed by atoms with Crippen molar-refractivity contribution in [2.24, 2.45) is 5.73 Å². The van der Waals surface area contributed by atoms with E-state index in [1.54, 1.807) is 0 Å². The number of aromatic nitrogens is 1. The van der Waals surface area contributed by atoms with E-state index in [2.05, 4.69) is 18.0 Å². The first-order valence-electron chi connectivity index (χ1n) is 7.04. The fourth-order valence-corrected chi connectivity index (χ4v) is 2.69. The molecule has 1 aromatic heterocycles. The summed E-state index contributed by atoms with van der Waals surface area (Å²) in [6, 6.07) is 2.07. The summed E-state index contributed by atoms with van der Waals surface area (Å²) in [4.78, 5) is 4.53. The van der Waals surface area contributed by atoms with Crippen molar-refractivity contribution < 1.29 is 4.74 Å². The third-order valence-electron chi connectivity index (χ3n) is 3.72. The summed E-state index contributed by atoms with van der Waals surface area (Å²) in [7, 11) is 0. The van der Waals surface area contributed by atoms with E-state index in [0.29, 0.717) is 12.6 Å². The summed E-state index contributed by atoms with van der Waals surface area (Å²) in [5.74, 6) is 0.766. The van der Waals surface area contributed by atoms with Crippen molar-refractivity contribution in [1.82, 2.24) is 4.98 Å². The second kappa shape index (κ2) is 6.19. The van der Waals surface area contributed by atoms with E-state index in [1.807, 2.05) is 6.92 Å². The molecule has 0 amide bonds. The van der Waals surface area contributed by atoms with Crippen LogP contribution in [0.3, 0.4) is 0 Å². The van der Waals surface area contributed by atoms with Gasteiger partial charge in [-0.05, 0) is 51.2 Å². The summed E-state index contributed by atoms with van der Waals surface area (Å²) in [6.07, 6.45) is 7.85. The van der Waals surface area contributed by atoms with Gasteiger partial charge >= 0.3 is 0 Å². The molecule has 2 rings (SSSR count). The molecular formula is C15H24N2O. The van der Waals surface area contributed by atoms with Crippen molar-refractivity contribution in [3.05, 3.63) is 22.9 Å². The van der Waals surface area contributed by atoms with Crippen molar-refractivity contribution in [2.45, 2.75) is 65.0 Å². The number of nitrogens with zero attached hydrogens (tertiary/aromatic N) is 1. The topological polar surface area (TPSA) is 48.1 Å². The van der Waals surface area contributed by atoms with Crippen molar-refractivity contribution in [3.8, 4) is 5.88 Å². The van der Waals surface area contributed by atoms with Gasteiger partial charge in [-0.25, -0.2) is 4.98 Å². The average molecular weight is 248 g/mol. The lowest BCUT2D eigenvalue weighted by Crippen LogP contribution is -2.18. The lowest BCUT2D eigenvalue weighted by molar-refractivity contribution is 0.174. The van der Waals surface area contributed by atoms with Gasteiger partial charge in [-0.2, -0.15) is 0 Å². The molecule has 1 fully saturated rings. The summed E-state index contributed by atoms with van der Waals surface area (Å²) in [5.41, 5.74) is 9.07. The van der Waals surface area contributed by atoms with Gasteiger partial charge < -0.3 is 10.5 Å². The molecule has 1 aliphatic rings. The van der Waals surface area contributed by atoms with Crippen molar-refractivity contribution in [1.29, 1.82) is 0 Å². The minimum Gasteiger partial charge on any atom is -0.474 e. The predicted molar refractivity (Wildman–Crippen MR) is 73.7 cm³/mol. The van der Waals surface area contributed by atoms with Crippen LogP contribution in [0.25, 0.3) is 0 Å². The van der Waals surface area contributed by atoms with Crippen LogP contribution in [0.4, 0.5) is 0 Å². The zero-order valence-corrected chi connectivity index (χ0v) is 11.5. The van der Waals surface area contributed by atoms with Gasteiger partial charge in [0.2, 0.25) is 5.88 Å². The van der Waals surface area contributed by atoms with Crippen LogP contribution >= 0.6 is 0 Å². The Hall–Kier alpha value is -1.09. The normalized spacial score (nSPS) is 17.5. The van der Waals surface area contributed by atoms with Gasteiger partial charge in [-0.15, -0.1) is 0 Å². The maximum absolute atomic E-state index is 6.13. The largest absolute Gasteiger partial charge is 0.474 e. The Labute approximate surface area is 110 Å². The SMILES string of the molecule is Cc1cc(C)c(CN)c(OC2CCCCCC2)n1. The second-order valence-electron chi connectivity index (χ2n) is 5.30.